The molecule has 17 nitrogen and oxygen atoms in total. The van der Waals surface area contributed by atoms with Crippen molar-refractivity contribution in [2.45, 2.75) is 27.7 Å². The average molecular weight is 1700 g/mol. The molecule has 15 aromatic carbocycles. The molecule has 17 heteroatoms. The van der Waals surface area contributed by atoms with Crippen LogP contribution in [0, 0.1) is 27.7 Å². The summed E-state index contributed by atoms with van der Waals surface area (Å²) in [5.41, 5.74) is 18.5. The summed E-state index contributed by atoms with van der Waals surface area (Å²) in [6, 6.07) is 125. The Morgan fingerprint density at radius 1 is 0.159 bits per heavy atom. The van der Waals surface area contributed by atoms with E-state index in [0.29, 0.717) is 69.9 Å². The van der Waals surface area contributed by atoms with Crippen LogP contribution < -0.4 is 0 Å². The molecular formula is C115H79N17. The molecule has 0 aliphatic heterocycles. The number of nitrogens with zero attached hydrogens (tertiary/aromatic N) is 17. The van der Waals surface area contributed by atoms with Gasteiger partial charge in [0.15, 0.2) is 52.2 Å². The first kappa shape index (κ1) is 81.2. The van der Waals surface area contributed by atoms with E-state index in [2.05, 4.69) is 350 Å². The molecule has 0 spiro atoms. The molecular weight excluding hydrogens is 1620 g/mol. The van der Waals surface area contributed by atoms with Crippen molar-refractivity contribution < 1.29 is 0 Å². The zero-order chi connectivity index (χ0) is 88.8. The van der Waals surface area contributed by atoms with Gasteiger partial charge in [-0.2, -0.15) is 0 Å². The van der Waals surface area contributed by atoms with Crippen molar-refractivity contribution in [1.29, 1.82) is 0 Å². The summed E-state index contributed by atoms with van der Waals surface area (Å²) >= 11 is 0. The Morgan fingerprint density at radius 2 is 0.432 bits per heavy atom. The van der Waals surface area contributed by atoms with Gasteiger partial charge in [-0.25, -0.2) is 69.8 Å². The minimum Gasteiger partial charge on any atom is -0.264 e. The lowest BCUT2D eigenvalue weighted by Crippen LogP contribution is -1.99. The van der Waals surface area contributed by atoms with E-state index in [-0.39, 0.29) is 0 Å². The van der Waals surface area contributed by atoms with Crippen LogP contribution in [0.3, 0.4) is 0 Å². The van der Waals surface area contributed by atoms with Gasteiger partial charge in [0.05, 0.1) is 5.52 Å². The molecule has 0 atom stereocenters. The van der Waals surface area contributed by atoms with Gasteiger partial charge in [0.1, 0.15) is 23.3 Å². The molecule has 624 valence electrons. The Hall–Kier alpha value is -17.8. The number of aryl methyl sites for hydroxylation is 4. The SMILES string of the molecule is Cc1nc(-c2ccc(-c3cccc4ccccc34)cc2)nc(-c2ccc3ccccc3c2)n1.Cc1nc(-c2ccc(-c3cccc4ccncc34)cc2)nc(-c2ccc3ccccc3c2)n1.Cc1nc(-c2ccc(-c3ccnc4ccncc34)cc2)nc(-c2ccc3ccccc3c2)n1.Cc1nc(-c2ccc(-c3ccnc4ncccc34)cc2)nc(-c2ccc3ccccc3c2)n1. The molecule has 0 aliphatic rings. The number of fused-ring (bicyclic) bond motifs is 8. The molecule has 0 aliphatic carbocycles. The van der Waals surface area contributed by atoms with Crippen molar-refractivity contribution in [3.8, 4) is 136 Å². The molecule has 24 rings (SSSR count). The summed E-state index contributed by atoms with van der Waals surface area (Å²) in [6.45, 7) is 7.63. The van der Waals surface area contributed by atoms with Crippen LogP contribution in [0.15, 0.2) is 407 Å². The summed E-state index contributed by atoms with van der Waals surface area (Å²) in [7, 11) is 0. The standard InChI is InChI=1S/C30H21N3.C29H20N4.2C28H19N5/c1-20-31-29(33-30(32-20)26-18-13-21-7-2-3-9-25(21)19-26)24-16-14-23(15-17-24)28-12-6-10-22-8-4-5-11-27(22)28;1-19-31-28(33-29(32-19)25-14-9-20-5-2-3-6-24(20)17-25)23-12-10-22(11-13-23)26-8-4-7-21-15-16-30-18-27(21)26;1-18-31-26(33-27(32-18)23-13-8-19-5-2-3-6-22(19)17-23)21-11-9-20(10-12-21)24-14-16-30-28-25(24)7-4-15-29-28;1-18-31-27(33-28(32-18)23-11-6-19-4-2-3-5-22(19)16-23)21-9-7-20(8-10-21)24-12-15-30-26-13-14-29-17-25(24)26/h2-19H,1H3;2-18H,1H3;2*2-17H,1H3. The molecule has 9 aromatic heterocycles. The largest absolute Gasteiger partial charge is 0.264 e. The molecule has 0 radical (unpaired) electrons. The van der Waals surface area contributed by atoms with Gasteiger partial charge in [-0.3, -0.25) is 15.0 Å². The Bertz CT molecular complexity index is 7460. The van der Waals surface area contributed by atoms with Crippen LogP contribution in [-0.4, -0.2) is 84.7 Å². The van der Waals surface area contributed by atoms with Crippen molar-refractivity contribution in [1.82, 2.24) is 84.7 Å². The second-order valence-electron chi connectivity index (χ2n) is 32.1. The van der Waals surface area contributed by atoms with Gasteiger partial charge in [0, 0.05) is 104 Å². The highest BCUT2D eigenvalue weighted by atomic mass is 15.1. The second-order valence-corrected chi connectivity index (χ2v) is 32.1. The predicted molar refractivity (Wildman–Crippen MR) is 533 cm³/mol. The molecule has 132 heavy (non-hydrogen) atoms. The van der Waals surface area contributed by atoms with Crippen LogP contribution in [-0.2, 0) is 0 Å². The lowest BCUT2D eigenvalue weighted by atomic mass is 9.97. The summed E-state index contributed by atoms with van der Waals surface area (Å²) in [6.07, 6.45) is 12.8. The maximum absolute atomic E-state index is 4.81. The van der Waals surface area contributed by atoms with E-state index in [1.54, 1.807) is 18.6 Å². The number of pyridine rings is 5. The quantitative estimate of drug-likeness (QED) is 0.111. The number of aromatic nitrogens is 17. The zero-order valence-electron chi connectivity index (χ0n) is 72.3. The lowest BCUT2D eigenvalue weighted by molar-refractivity contribution is 0.992. The minimum absolute atomic E-state index is 0.665. The van der Waals surface area contributed by atoms with Crippen molar-refractivity contribution in [2.24, 2.45) is 0 Å². The van der Waals surface area contributed by atoms with Gasteiger partial charge in [-0.1, -0.05) is 303 Å². The normalized spacial score (nSPS) is 11.2. The molecule has 9 heterocycles. The van der Waals surface area contributed by atoms with Gasteiger partial charge < -0.3 is 0 Å². The third-order valence-electron chi connectivity index (χ3n) is 23.4. The molecule has 0 fully saturated rings. The van der Waals surface area contributed by atoms with Gasteiger partial charge in [-0.05, 0) is 192 Å². The van der Waals surface area contributed by atoms with Gasteiger partial charge >= 0.3 is 0 Å². The summed E-state index contributed by atoms with van der Waals surface area (Å²) < 4.78 is 0. The molecule has 0 saturated heterocycles. The van der Waals surface area contributed by atoms with E-state index in [0.717, 1.165) is 116 Å². The minimum atomic E-state index is 0.665. The smallest absolute Gasteiger partial charge is 0.163 e. The Morgan fingerprint density at radius 3 is 0.826 bits per heavy atom. The van der Waals surface area contributed by atoms with E-state index in [4.69, 9.17) is 19.9 Å². The number of hydrogen-bond acceptors (Lipinski definition) is 17. The van der Waals surface area contributed by atoms with Crippen molar-refractivity contribution in [3.05, 3.63) is 431 Å². The summed E-state index contributed by atoms with van der Waals surface area (Å²) in [5.74, 6) is 8.24. The maximum atomic E-state index is 4.81. The first-order chi connectivity index (χ1) is 65.0. The third kappa shape index (κ3) is 17.4. The van der Waals surface area contributed by atoms with Gasteiger partial charge in [-0.15, -0.1) is 0 Å². The van der Waals surface area contributed by atoms with E-state index < -0.39 is 0 Å². The fourth-order valence-corrected chi connectivity index (χ4v) is 16.8. The Balaban J connectivity index is 0.000000106. The first-order valence-corrected chi connectivity index (χ1v) is 43.5. The van der Waals surface area contributed by atoms with Gasteiger partial charge in [0.2, 0.25) is 0 Å². The van der Waals surface area contributed by atoms with Crippen LogP contribution >= 0.6 is 0 Å². The third-order valence-corrected chi connectivity index (χ3v) is 23.4. The zero-order valence-corrected chi connectivity index (χ0v) is 72.3. The van der Waals surface area contributed by atoms with Crippen molar-refractivity contribution in [3.63, 3.8) is 0 Å². The number of hydrogen-bond donors (Lipinski definition) is 0. The molecule has 0 bridgehead atoms. The Labute approximate surface area is 760 Å². The highest BCUT2D eigenvalue weighted by molar-refractivity contribution is 6.00. The average Bonchev–Trinajstić information content (AvgIpc) is 0.801. The fourth-order valence-electron chi connectivity index (χ4n) is 16.8. The molecule has 0 saturated carbocycles. The van der Waals surface area contributed by atoms with Crippen LogP contribution in [0.25, 0.3) is 222 Å². The van der Waals surface area contributed by atoms with E-state index >= 15 is 0 Å². The molecule has 0 N–H and O–H groups in total. The van der Waals surface area contributed by atoms with E-state index in [1.807, 2.05) is 131 Å². The predicted octanol–water partition coefficient (Wildman–Crippen LogP) is 26.9. The Kier molecular flexibility index (Phi) is 22.3. The van der Waals surface area contributed by atoms with E-state index in [9.17, 15) is 0 Å². The topological polar surface area (TPSA) is 219 Å². The second kappa shape index (κ2) is 36.3. The van der Waals surface area contributed by atoms with Crippen LogP contribution in [0.5, 0.6) is 0 Å². The summed E-state index contributed by atoms with van der Waals surface area (Å²) in [5, 5.41) is 16.3. The number of benzene rings is 15. The molecule has 24 aromatic rings. The molecule has 0 unspecified atom stereocenters. The number of rotatable bonds is 12. The highest BCUT2D eigenvalue weighted by Crippen LogP contribution is 2.37. The van der Waals surface area contributed by atoms with Crippen molar-refractivity contribution in [2.75, 3.05) is 0 Å². The monoisotopic (exact) mass is 1700 g/mol. The van der Waals surface area contributed by atoms with E-state index in [1.165, 1.54) is 59.6 Å². The molecule has 0 amide bonds. The first-order valence-electron chi connectivity index (χ1n) is 43.5. The lowest BCUT2D eigenvalue weighted by Gasteiger charge is -2.09. The summed E-state index contributed by atoms with van der Waals surface area (Å²) in [4.78, 5) is 77.8. The van der Waals surface area contributed by atoms with Crippen LogP contribution in [0.4, 0.5) is 0 Å². The van der Waals surface area contributed by atoms with Crippen molar-refractivity contribution >= 4 is 86.6 Å². The van der Waals surface area contributed by atoms with Crippen LogP contribution in [0.2, 0.25) is 0 Å². The maximum Gasteiger partial charge on any atom is 0.163 e. The van der Waals surface area contributed by atoms with Gasteiger partial charge in [0.25, 0.3) is 0 Å². The highest BCUT2D eigenvalue weighted by Gasteiger charge is 2.18. The fraction of sp³-hybridized carbons (Fsp3) is 0.0348. The van der Waals surface area contributed by atoms with Crippen LogP contribution in [0.1, 0.15) is 23.3 Å².